The topological polar surface area (TPSA) is 33.2 Å². The zero-order chi connectivity index (χ0) is 14.3. The molecule has 1 aliphatic heterocycles. The number of hydrogen-bond donors (Lipinski definition) is 0. The summed E-state index contributed by atoms with van der Waals surface area (Å²) in [7, 11) is -0.721. The maximum absolute atomic E-state index is 11.5. The molecule has 1 atom stereocenters. The Balaban J connectivity index is 2.02. The van der Waals surface area contributed by atoms with Crippen molar-refractivity contribution in [1.29, 1.82) is 0 Å². The lowest BCUT2D eigenvalue weighted by molar-refractivity contribution is 0.603. The van der Waals surface area contributed by atoms with Crippen LogP contribution in [0.15, 0.2) is 30.6 Å². The first-order valence-electron chi connectivity index (χ1n) is 7.01. The minimum Gasteiger partial charge on any atom is -0.368 e. The van der Waals surface area contributed by atoms with Crippen LogP contribution in [0.3, 0.4) is 0 Å². The molecule has 3 rings (SSSR count). The molecule has 0 aliphatic carbocycles. The highest BCUT2D eigenvalue weighted by Crippen LogP contribution is 2.34. The van der Waals surface area contributed by atoms with Gasteiger partial charge in [0.05, 0.1) is 5.25 Å². The van der Waals surface area contributed by atoms with E-state index in [0.29, 0.717) is 11.2 Å². The van der Waals surface area contributed by atoms with Gasteiger partial charge in [-0.15, -0.1) is 0 Å². The molecular weight excluding hydrogens is 268 g/mol. The normalized spacial score (nSPS) is 17.5. The number of fused-ring (bicyclic) bond motifs is 1. The number of hydrogen-bond acceptors (Lipinski definition) is 3. The molecule has 1 aromatic carbocycles. The largest absolute Gasteiger partial charge is 0.368 e. The van der Waals surface area contributed by atoms with Gasteiger partial charge in [-0.25, -0.2) is 0 Å². The molecule has 1 fully saturated rings. The maximum atomic E-state index is 11.5. The summed E-state index contributed by atoms with van der Waals surface area (Å²) in [6.45, 7) is 6.20. The molecular formula is C16H20N2OS. The zero-order valence-electron chi connectivity index (χ0n) is 12.2. The van der Waals surface area contributed by atoms with Crippen molar-refractivity contribution in [3.05, 3.63) is 36.2 Å². The standard InChI is InChI=1S/C16H20N2OS/c1-11(2)13-4-5-16(15-8-17-7-6-14(13)15)18-9-12(10-18)20(3)19/h4-8,11-12H,9-10H2,1-3H3. The first kappa shape index (κ1) is 13.6. The van der Waals surface area contributed by atoms with Crippen LogP contribution >= 0.6 is 0 Å². The van der Waals surface area contributed by atoms with Gasteiger partial charge in [0.25, 0.3) is 0 Å². The Labute approximate surface area is 122 Å². The van der Waals surface area contributed by atoms with Crippen molar-refractivity contribution in [3.63, 3.8) is 0 Å². The third-order valence-corrected chi connectivity index (χ3v) is 5.35. The highest BCUT2D eigenvalue weighted by atomic mass is 32.2. The van der Waals surface area contributed by atoms with Crippen LogP contribution in [0.2, 0.25) is 0 Å². The van der Waals surface area contributed by atoms with Crippen LogP contribution in [0.25, 0.3) is 10.8 Å². The van der Waals surface area contributed by atoms with E-state index in [9.17, 15) is 4.21 Å². The molecule has 1 saturated heterocycles. The summed E-state index contributed by atoms with van der Waals surface area (Å²) >= 11 is 0. The van der Waals surface area contributed by atoms with Crippen LogP contribution in [-0.4, -0.2) is 33.8 Å². The molecule has 1 aliphatic rings. The molecule has 0 amide bonds. The molecule has 0 saturated carbocycles. The third kappa shape index (κ3) is 2.22. The second-order valence-electron chi connectivity index (χ2n) is 5.78. The molecule has 1 aromatic heterocycles. The average Bonchev–Trinajstić information content (AvgIpc) is 2.36. The van der Waals surface area contributed by atoms with Crippen molar-refractivity contribution >= 4 is 27.3 Å². The summed E-state index contributed by atoms with van der Waals surface area (Å²) in [6.07, 6.45) is 5.61. The molecule has 2 aromatic rings. The number of anilines is 1. The summed E-state index contributed by atoms with van der Waals surface area (Å²) in [4.78, 5) is 6.59. The van der Waals surface area contributed by atoms with Crippen molar-refractivity contribution in [1.82, 2.24) is 4.98 Å². The summed E-state index contributed by atoms with van der Waals surface area (Å²) in [5.74, 6) is 0.501. The first-order chi connectivity index (χ1) is 9.58. The highest BCUT2D eigenvalue weighted by Gasteiger charge is 2.30. The Bertz CT molecular complexity index is 663. The maximum Gasteiger partial charge on any atom is 0.0695 e. The molecule has 2 heterocycles. The second-order valence-corrected chi connectivity index (χ2v) is 7.44. The fraction of sp³-hybridized carbons (Fsp3) is 0.438. The Morgan fingerprint density at radius 2 is 2.00 bits per heavy atom. The van der Waals surface area contributed by atoms with E-state index in [0.717, 1.165) is 13.1 Å². The van der Waals surface area contributed by atoms with Gasteiger partial charge >= 0.3 is 0 Å². The number of pyridine rings is 1. The van der Waals surface area contributed by atoms with Crippen LogP contribution in [0.5, 0.6) is 0 Å². The van der Waals surface area contributed by atoms with Crippen molar-refractivity contribution in [2.75, 3.05) is 24.2 Å². The van der Waals surface area contributed by atoms with Crippen LogP contribution in [-0.2, 0) is 10.8 Å². The molecule has 106 valence electrons. The van der Waals surface area contributed by atoms with E-state index in [1.54, 1.807) is 6.26 Å². The molecule has 0 N–H and O–H groups in total. The van der Waals surface area contributed by atoms with Crippen molar-refractivity contribution in [3.8, 4) is 0 Å². The van der Waals surface area contributed by atoms with Gasteiger partial charge in [-0.2, -0.15) is 0 Å². The lowest BCUT2D eigenvalue weighted by Crippen LogP contribution is -2.52. The van der Waals surface area contributed by atoms with E-state index >= 15 is 0 Å². The van der Waals surface area contributed by atoms with E-state index < -0.39 is 10.8 Å². The Hall–Kier alpha value is -1.42. The minimum absolute atomic E-state index is 0.312. The quantitative estimate of drug-likeness (QED) is 0.870. The van der Waals surface area contributed by atoms with Gasteiger partial charge < -0.3 is 4.90 Å². The predicted octanol–water partition coefficient (Wildman–Crippen LogP) is 2.93. The number of rotatable bonds is 3. The van der Waals surface area contributed by atoms with E-state index in [4.69, 9.17) is 0 Å². The van der Waals surface area contributed by atoms with Gasteiger partial charge in [0, 0.05) is 53.6 Å². The first-order valence-corrected chi connectivity index (χ1v) is 8.64. The number of aromatic nitrogens is 1. The fourth-order valence-electron chi connectivity index (χ4n) is 2.82. The van der Waals surface area contributed by atoms with Gasteiger partial charge in [-0.1, -0.05) is 19.9 Å². The second kappa shape index (κ2) is 5.17. The van der Waals surface area contributed by atoms with Gasteiger partial charge in [0.2, 0.25) is 0 Å². The third-order valence-electron chi connectivity index (χ3n) is 4.11. The predicted molar refractivity (Wildman–Crippen MR) is 85.9 cm³/mol. The highest BCUT2D eigenvalue weighted by molar-refractivity contribution is 7.85. The Kier molecular flexibility index (Phi) is 3.50. The molecule has 4 heteroatoms. The van der Waals surface area contributed by atoms with Crippen LogP contribution < -0.4 is 4.90 Å². The molecule has 0 radical (unpaired) electrons. The number of benzene rings is 1. The Morgan fingerprint density at radius 1 is 1.25 bits per heavy atom. The van der Waals surface area contributed by atoms with E-state index in [-0.39, 0.29) is 0 Å². The van der Waals surface area contributed by atoms with Gasteiger partial charge in [0.15, 0.2) is 0 Å². The van der Waals surface area contributed by atoms with Crippen LogP contribution in [0.4, 0.5) is 5.69 Å². The molecule has 1 unspecified atom stereocenters. The summed E-state index contributed by atoms with van der Waals surface area (Å²) in [5, 5.41) is 2.80. The monoisotopic (exact) mass is 288 g/mol. The lowest BCUT2D eigenvalue weighted by atomic mass is 9.95. The number of nitrogens with zero attached hydrogens (tertiary/aromatic N) is 2. The fourth-order valence-corrected chi connectivity index (χ4v) is 3.60. The van der Waals surface area contributed by atoms with Crippen LogP contribution in [0.1, 0.15) is 25.3 Å². The summed E-state index contributed by atoms with van der Waals surface area (Å²) in [6, 6.07) is 6.51. The van der Waals surface area contributed by atoms with E-state index in [1.807, 2.05) is 12.4 Å². The van der Waals surface area contributed by atoms with Crippen molar-refractivity contribution in [2.24, 2.45) is 0 Å². The van der Waals surface area contributed by atoms with E-state index in [2.05, 4.69) is 41.9 Å². The lowest BCUT2D eigenvalue weighted by Gasteiger charge is -2.40. The summed E-state index contributed by atoms with van der Waals surface area (Å²) in [5.41, 5.74) is 2.58. The minimum atomic E-state index is -0.721. The van der Waals surface area contributed by atoms with Gasteiger partial charge in [-0.3, -0.25) is 9.19 Å². The van der Waals surface area contributed by atoms with E-state index in [1.165, 1.54) is 22.0 Å². The SMILES string of the molecule is CC(C)c1ccc(N2CC(S(C)=O)C2)c2cnccc12. The van der Waals surface area contributed by atoms with Crippen LogP contribution in [0, 0.1) is 0 Å². The summed E-state index contributed by atoms with van der Waals surface area (Å²) < 4.78 is 11.5. The van der Waals surface area contributed by atoms with Crippen molar-refractivity contribution in [2.45, 2.75) is 25.0 Å². The smallest absolute Gasteiger partial charge is 0.0695 e. The molecule has 3 nitrogen and oxygen atoms in total. The molecule has 0 bridgehead atoms. The Morgan fingerprint density at radius 3 is 2.65 bits per heavy atom. The van der Waals surface area contributed by atoms with Gasteiger partial charge in [-0.05, 0) is 29.0 Å². The zero-order valence-corrected chi connectivity index (χ0v) is 13.0. The molecule has 0 spiro atoms. The molecule has 20 heavy (non-hydrogen) atoms. The van der Waals surface area contributed by atoms with Crippen molar-refractivity contribution < 1.29 is 4.21 Å². The van der Waals surface area contributed by atoms with Gasteiger partial charge in [0.1, 0.15) is 0 Å². The average molecular weight is 288 g/mol.